The van der Waals surface area contributed by atoms with Crippen LogP contribution in [0.3, 0.4) is 0 Å². The molecule has 0 aliphatic carbocycles. The van der Waals surface area contributed by atoms with Gasteiger partial charge in [-0.3, -0.25) is 14.2 Å². The number of carbonyl (C=O) groups is 2. The number of hydrogen-bond acceptors (Lipinski definition) is 7. The molecule has 0 aromatic heterocycles. The number of unbranched alkanes of at least 4 members (excludes halogenated alkanes) is 25. The maximum Gasteiger partial charge on any atom is 0.306 e. The van der Waals surface area contributed by atoms with Gasteiger partial charge in [0.15, 0.2) is 0 Å². The molecule has 422 valence electrons. The number of nitrogens with one attached hydrogen (secondary N) is 1. The minimum Gasteiger partial charge on any atom is -0.756 e. The average Bonchev–Trinajstić information content (AvgIpc) is 3.35. The largest absolute Gasteiger partial charge is 0.756 e. The van der Waals surface area contributed by atoms with Crippen LogP contribution in [0.15, 0.2) is 85.1 Å². The molecule has 10 heteroatoms. The zero-order valence-electron chi connectivity index (χ0n) is 48.1. The number of phosphoric acid groups is 1. The Bertz CT molecular complexity index is 1530. The summed E-state index contributed by atoms with van der Waals surface area (Å²) in [6, 6.07) is -0.897. The Morgan fingerprint density at radius 2 is 0.877 bits per heavy atom. The summed E-state index contributed by atoms with van der Waals surface area (Å²) in [6.45, 7) is 6.69. The Morgan fingerprint density at radius 1 is 0.493 bits per heavy atom. The molecule has 0 fully saturated rings. The van der Waals surface area contributed by atoms with E-state index in [1.807, 2.05) is 33.3 Å². The van der Waals surface area contributed by atoms with Gasteiger partial charge in [0.2, 0.25) is 5.91 Å². The van der Waals surface area contributed by atoms with E-state index >= 15 is 0 Å². The first-order chi connectivity index (χ1) is 35.4. The molecule has 0 aromatic carbocycles. The third-order valence-electron chi connectivity index (χ3n) is 12.8. The van der Waals surface area contributed by atoms with Gasteiger partial charge in [-0.1, -0.05) is 241 Å². The molecule has 3 unspecified atom stereocenters. The molecule has 0 saturated carbocycles. The zero-order chi connectivity index (χ0) is 53.6. The maximum atomic E-state index is 13.5. The molecule has 0 rings (SSSR count). The van der Waals surface area contributed by atoms with E-state index in [4.69, 9.17) is 13.8 Å². The molecule has 0 aromatic rings. The normalized spacial score (nSPS) is 14.3. The number of amides is 1. The third kappa shape index (κ3) is 53.8. The number of quaternary nitrogens is 1. The predicted octanol–water partition coefficient (Wildman–Crippen LogP) is 17.6. The van der Waals surface area contributed by atoms with Crippen LogP contribution in [0.4, 0.5) is 0 Å². The number of carbonyl (C=O) groups excluding carboxylic acids is 2. The molecule has 73 heavy (non-hydrogen) atoms. The Morgan fingerprint density at radius 3 is 1.32 bits per heavy atom. The van der Waals surface area contributed by atoms with Crippen LogP contribution < -0.4 is 10.2 Å². The fraction of sp³-hybridized carbons (Fsp3) is 0.746. The van der Waals surface area contributed by atoms with Gasteiger partial charge in [-0.2, -0.15) is 0 Å². The summed E-state index contributed by atoms with van der Waals surface area (Å²) in [7, 11) is 1.17. The highest BCUT2D eigenvalue weighted by molar-refractivity contribution is 7.45. The van der Waals surface area contributed by atoms with Crippen LogP contribution in [0.1, 0.15) is 252 Å². The molecule has 1 N–H and O–H groups in total. The van der Waals surface area contributed by atoms with E-state index in [1.54, 1.807) is 0 Å². The van der Waals surface area contributed by atoms with Gasteiger partial charge in [0.05, 0.1) is 33.8 Å². The number of phosphoric ester groups is 1. The summed E-state index contributed by atoms with van der Waals surface area (Å²) < 4.78 is 30.2. The van der Waals surface area contributed by atoms with Gasteiger partial charge in [-0.15, -0.1) is 0 Å². The van der Waals surface area contributed by atoms with Crippen molar-refractivity contribution >= 4 is 19.7 Å². The first-order valence-electron chi connectivity index (χ1n) is 29.9. The standard InChI is InChI=1S/C63H113N2O7P/c1-7-10-13-16-19-22-25-26-27-28-29-30-31-32-33-34-35-36-37-38-41-43-46-49-52-55-62(66)64-60(59-71-73(68,69)70-58-57-65(4,5)6)61(54-51-48-45-42-39-23-20-17-14-11-8-2)72-63(67)56-53-50-47-44-40-24-21-18-15-12-9-3/h10,13,19,22,26-27,29-30,32-33,35-36,51,54,60-61H,7-9,11-12,14-18,20-21,23-25,28,31,34,37-50,52-53,55-59H2,1-6H3,(H-,64,66,68,69)/b13-10-,22-19-,27-26-,30-29-,33-32-,36-35-,54-51-. The van der Waals surface area contributed by atoms with Crippen molar-refractivity contribution in [1.29, 1.82) is 0 Å². The Kier molecular flexibility index (Phi) is 50.6. The third-order valence-corrected chi connectivity index (χ3v) is 13.8. The smallest absolute Gasteiger partial charge is 0.306 e. The highest BCUT2D eigenvalue weighted by Gasteiger charge is 2.27. The van der Waals surface area contributed by atoms with E-state index in [0.717, 1.165) is 122 Å². The minimum absolute atomic E-state index is 0.0279. The summed E-state index contributed by atoms with van der Waals surface area (Å²) in [5.41, 5.74) is 0. The highest BCUT2D eigenvalue weighted by atomic mass is 31.2. The van der Waals surface area contributed by atoms with Gasteiger partial charge >= 0.3 is 5.97 Å². The molecule has 0 heterocycles. The van der Waals surface area contributed by atoms with Crippen molar-refractivity contribution in [3.8, 4) is 0 Å². The van der Waals surface area contributed by atoms with Crippen LogP contribution in [-0.2, 0) is 27.9 Å². The molecule has 0 aliphatic rings. The van der Waals surface area contributed by atoms with Gasteiger partial charge in [0, 0.05) is 12.8 Å². The fourth-order valence-corrected chi connectivity index (χ4v) is 8.95. The van der Waals surface area contributed by atoms with Crippen molar-refractivity contribution in [3.05, 3.63) is 85.1 Å². The predicted molar refractivity (Wildman–Crippen MR) is 311 cm³/mol. The molecule has 9 nitrogen and oxygen atoms in total. The highest BCUT2D eigenvalue weighted by Crippen LogP contribution is 2.38. The maximum absolute atomic E-state index is 13.5. The molecule has 0 bridgehead atoms. The molecule has 1 amide bonds. The first-order valence-corrected chi connectivity index (χ1v) is 31.4. The molecular formula is C63H113N2O7P. The number of ether oxygens (including phenoxy) is 1. The van der Waals surface area contributed by atoms with Crippen LogP contribution in [0.5, 0.6) is 0 Å². The van der Waals surface area contributed by atoms with Crippen molar-refractivity contribution in [2.24, 2.45) is 0 Å². The number of likely N-dealkylation sites (N-methyl/N-ethyl adjacent to an activating group) is 1. The van der Waals surface area contributed by atoms with Crippen molar-refractivity contribution in [1.82, 2.24) is 5.32 Å². The summed E-state index contributed by atoms with van der Waals surface area (Å²) in [6.07, 6.45) is 68.4. The quantitative estimate of drug-likeness (QED) is 0.0212. The first kappa shape index (κ1) is 70.2. The van der Waals surface area contributed by atoms with Crippen molar-refractivity contribution in [2.75, 3.05) is 40.9 Å². The zero-order valence-corrected chi connectivity index (χ0v) is 49.0. The van der Waals surface area contributed by atoms with Crippen LogP contribution in [0.25, 0.3) is 0 Å². The second-order valence-electron chi connectivity index (χ2n) is 21.1. The lowest BCUT2D eigenvalue weighted by atomic mass is 10.0. The van der Waals surface area contributed by atoms with E-state index < -0.39 is 26.6 Å². The van der Waals surface area contributed by atoms with Gasteiger partial charge in [-0.25, -0.2) is 0 Å². The molecule has 0 radical (unpaired) electrons. The summed E-state index contributed by atoms with van der Waals surface area (Å²) in [5.74, 6) is -0.560. The van der Waals surface area contributed by atoms with Gasteiger partial charge in [0.1, 0.15) is 19.3 Å². The van der Waals surface area contributed by atoms with Crippen LogP contribution in [0.2, 0.25) is 0 Å². The Balaban J connectivity index is 5.16. The van der Waals surface area contributed by atoms with Crippen LogP contribution >= 0.6 is 7.82 Å². The molecule has 0 spiro atoms. The van der Waals surface area contributed by atoms with Crippen LogP contribution in [0, 0.1) is 0 Å². The molecule has 3 atom stereocenters. The summed E-state index contributed by atoms with van der Waals surface area (Å²) in [5, 5.41) is 3.01. The molecule has 0 aliphatic heterocycles. The van der Waals surface area contributed by atoms with Gasteiger partial charge in [-0.05, 0) is 83.1 Å². The lowest BCUT2D eigenvalue weighted by Gasteiger charge is -2.30. The molecular weight excluding hydrogens is 928 g/mol. The van der Waals surface area contributed by atoms with E-state index in [1.165, 1.54) is 96.3 Å². The van der Waals surface area contributed by atoms with E-state index in [-0.39, 0.29) is 24.9 Å². The van der Waals surface area contributed by atoms with Crippen molar-refractivity contribution < 1.29 is 37.3 Å². The number of nitrogens with zero attached hydrogens (tertiary/aromatic N) is 1. The number of hydrogen-bond donors (Lipinski definition) is 1. The van der Waals surface area contributed by atoms with E-state index in [0.29, 0.717) is 17.4 Å². The monoisotopic (exact) mass is 1040 g/mol. The SMILES string of the molecule is CC/C=C\C/C=C\C/C=C\C/C=C\C/C=C\C/C=C\CCCCCCCCC(=O)NC(COP(=O)([O-])OCC[N+](C)(C)C)C(/C=C\CCCCCCCCCCC)OC(=O)CCCCCCCCCCCCC. The lowest BCUT2D eigenvalue weighted by Crippen LogP contribution is -2.47. The second-order valence-corrected chi connectivity index (χ2v) is 22.5. The lowest BCUT2D eigenvalue weighted by molar-refractivity contribution is -0.870. The van der Waals surface area contributed by atoms with Crippen LogP contribution in [-0.4, -0.2) is 69.4 Å². The van der Waals surface area contributed by atoms with Crippen molar-refractivity contribution in [3.63, 3.8) is 0 Å². The average molecular weight is 1040 g/mol. The minimum atomic E-state index is -4.70. The number of esters is 1. The summed E-state index contributed by atoms with van der Waals surface area (Å²) >= 11 is 0. The van der Waals surface area contributed by atoms with E-state index in [9.17, 15) is 19.0 Å². The Labute approximate surface area is 450 Å². The second kappa shape index (κ2) is 52.6. The van der Waals surface area contributed by atoms with Gasteiger partial charge in [0.25, 0.3) is 7.82 Å². The Hall–Kier alpha value is -2.81. The van der Waals surface area contributed by atoms with Gasteiger partial charge < -0.3 is 28.5 Å². The fourth-order valence-electron chi connectivity index (χ4n) is 8.23. The number of allylic oxidation sites excluding steroid dienone is 13. The molecule has 0 saturated heterocycles. The topological polar surface area (TPSA) is 114 Å². The van der Waals surface area contributed by atoms with Crippen molar-refractivity contribution in [2.45, 2.75) is 264 Å². The van der Waals surface area contributed by atoms with E-state index in [2.05, 4.69) is 99.0 Å². The summed E-state index contributed by atoms with van der Waals surface area (Å²) in [4.78, 5) is 39.8. The number of rotatable bonds is 53.